The van der Waals surface area contributed by atoms with Gasteiger partial charge < -0.3 is 10.1 Å². The largest absolute Gasteiger partial charge is 0.381 e. The Morgan fingerprint density at radius 3 is 2.15 bits per heavy atom. The highest BCUT2D eigenvalue weighted by atomic mass is 16.5. The molecule has 0 bridgehead atoms. The van der Waals surface area contributed by atoms with Crippen LogP contribution in [0.2, 0.25) is 0 Å². The zero-order chi connectivity index (χ0) is 15.6. The van der Waals surface area contributed by atoms with E-state index in [1.165, 1.54) is 32.1 Å². The smallest absolute Gasteiger partial charge is 0.0488 e. The van der Waals surface area contributed by atoms with Crippen molar-refractivity contribution in [1.82, 2.24) is 5.32 Å². The molecule has 0 aromatic rings. The molecule has 0 saturated carbocycles. The summed E-state index contributed by atoms with van der Waals surface area (Å²) in [5.74, 6) is 0.634. The van der Waals surface area contributed by atoms with Gasteiger partial charge in [0.05, 0.1) is 0 Å². The van der Waals surface area contributed by atoms with Crippen molar-refractivity contribution < 1.29 is 4.74 Å². The second kappa shape index (κ2) is 9.78. The van der Waals surface area contributed by atoms with Crippen LogP contribution in [0.1, 0.15) is 80.6 Å². The summed E-state index contributed by atoms with van der Waals surface area (Å²) in [7, 11) is 0. The molecule has 0 amide bonds. The molecule has 2 heteroatoms. The fourth-order valence-electron chi connectivity index (χ4n) is 2.39. The molecule has 0 aromatic heterocycles. The number of rotatable bonds is 11. The van der Waals surface area contributed by atoms with Gasteiger partial charge in [0, 0.05) is 25.3 Å². The highest BCUT2D eigenvalue weighted by molar-refractivity contribution is 4.84. The van der Waals surface area contributed by atoms with Crippen molar-refractivity contribution in [3.05, 3.63) is 0 Å². The first-order chi connectivity index (χ1) is 9.24. The Kier molecular flexibility index (Phi) is 9.74. The Labute approximate surface area is 128 Å². The molecule has 0 spiro atoms. The van der Waals surface area contributed by atoms with E-state index in [-0.39, 0.29) is 5.54 Å². The summed E-state index contributed by atoms with van der Waals surface area (Å²) < 4.78 is 5.84. The molecule has 0 aromatic carbocycles. The third kappa shape index (κ3) is 9.77. The maximum atomic E-state index is 5.84. The predicted molar refractivity (Wildman–Crippen MR) is 90.3 cm³/mol. The lowest BCUT2D eigenvalue weighted by Crippen LogP contribution is -2.44. The van der Waals surface area contributed by atoms with E-state index in [0.717, 1.165) is 19.8 Å². The zero-order valence-electron chi connectivity index (χ0n) is 15.1. The van der Waals surface area contributed by atoms with Crippen LogP contribution < -0.4 is 5.32 Å². The highest BCUT2D eigenvalue weighted by Crippen LogP contribution is 2.33. The molecule has 2 nitrogen and oxygen atoms in total. The highest BCUT2D eigenvalue weighted by Gasteiger charge is 2.28. The van der Waals surface area contributed by atoms with Crippen LogP contribution in [0.15, 0.2) is 0 Å². The van der Waals surface area contributed by atoms with Gasteiger partial charge in [-0.15, -0.1) is 0 Å². The molecule has 20 heavy (non-hydrogen) atoms. The van der Waals surface area contributed by atoms with Crippen molar-refractivity contribution in [3.8, 4) is 0 Å². The van der Waals surface area contributed by atoms with E-state index in [0.29, 0.717) is 11.3 Å². The molecule has 0 heterocycles. The van der Waals surface area contributed by atoms with Gasteiger partial charge in [-0.3, -0.25) is 0 Å². The number of hydrogen-bond donors (Lipinski definition) is 1. The van der Waals surface area contributed by atoms with Gasteiger partial charge in [0.2, 0.25) is 0 Å². The Morgan fingerprint density at radius 2 is 1.70 bits per heavy atom. The van der Waals surface area contributed by atoms with Gasteiger partial charge in [0.25, 0.3) is 0 Å². The van der Waals surface area contributed by atoms with Crippen LogP contribution in [0, 0.1) is 11.3 Å². The average Bonchev–Trinajstić information content (AvgIpc) is 2.36. The molecule has 0 fully saturated rings. The fraction of sp³-hybridized carbons (Fsp3) is 1.00. The molecule has 122 valence electrons. The van der Waals surface area contributed by atoms with Crippen LogP contribution in [0.25, 0.3) is 0 Å². The number of hydrogen-bond acceptors (Lipinski definition) is 2. The summed E-state index contributed by atoms with van der Waals surface area (Å²) in [5.41, 5.74) is 0.603. The molecule has 1 N–H and O–H groups in total. The number of nitrogens with one attached hydrogen (secondary N) is 1. The summed E-state index contributed by atoms with van der Waals surface area (Å²) in [6, 6.07) is 0. The van der Waals surface area contributed by atoms with Gasteiger partial charge in [0.15, 0.2) is 0 Å². The van der Waals surface area contributed by atoms with Crippen molar-refractivity contribution in [2.45, 2.75) is 86.1 Å². The van der Waals surface area contributed by atoms with Crippen LogP contribution in [-0.2, 0) is 4.74 Å². The van der Waals surface area contributed by atoms with E-state index in [9.17, 15) is 0 Å². The molecule has 0 rings (SSSR count). The lowest BCUT2D eigenvalue weighted by atomic mass is 9.77. The first-order valence-electron chi connectivity index (χ1n) is 8.57. The normalized spacial score (nSPS) is 15.6. The summed E-state index contributed by atoms with van der Waals surface area (Å²) in [5, 5.41) is 3.72. The lowest BCUT2D eigenvalue weighted by Gasteiger charge is -2.36. The molecule has 0 saturated heterocycles. The maximum Gasteiger partial charge on any atom is 0.0488 e. The first-order valence-corrected chi connectivity index (χ1v) is 8.57. The van der Waals surface area contributed by atoms with Crippen LogP contribution in [0.4, 0.5) is 0 Å². The van der Waals surface area contributed by atoms with Gasteiger partial charge >= 0.3 is 0 Å². The topological polar surface area (TPSA) is 21.3 Å². The lowest BCUT2D eigenvalue weighted by molar-refractivity contribution is 0.0670. The molecule has 0 radical (unpaired) electrons. The quantitative estimate of drug-likeness (QED) is 0.538. The minimum Gasteiger partial charge on any atom is -0.381 e. The van der Waals surface area contributed by atoms with Gasteiger partial charge in [-0.2, -0.15) is 0 Å². The summed E-state index contributed by atoms with van der Waals surface area (Å²) in [4.78, 5) is 0. The van der Waals surface area contributed by atoms with E-state index in [1.807, 2.05) is 0 Å². The van der Waals surface area contributed by atoms with Gasteiger partial charge in [0.1, 0.15) is 0 Å². The van der Waals surface area contributed by atoms with Crippen LogP contribution >= 0.6 is 0 Å². The molecular formula is C18H39NO. The summed E-state index contributed by atoms with van der Waals surface area (Å²) in [6.45, 7) is 18.7. The van der Waals surface area contributed by atoms with Crippen molar-refractivity contribution in [1.29, 1.82) is 0 Å². The third-order valence-corrected chi connectivity index (χ3v) is 4.03. The molecule has 0 aliphatic rings. The number of unbranched alkanes of at least 4 members (excludes halogenated alkanes) is 1. The molecule has 1 atom stereocenters. The Bertz CT molecular complexity index is 232. The van der Waals surface area contributed by atoms with Crippen molar-refractivity contribution in [2.24, 2.45) is 11.3 Å². The first kappa shape index (κ1) is 19.9. The standard InChI is InChI=1S/C18H39NO/c1-8-10-11-18(9-2,15-19-17(5,6)7)12-13-20-14-16(3)4/h16,19H,8-15H2,1-7H3. The zero-order valence-corrected chi connectivity index (χ0v) is 15.1. The minimum absolute atomic E-state index is 0.200. The summed E-state index contributed by atoms with van der Waals surface area (Å²) >= 11 is 0. The van der Waals surface area contributed by atoms with Crippen LogP contribution in [0.3, 0.4) is 0 Å². The molecule has 0 aliphatic carbocycles. The number of ether oxygens (including phenoxy) is 1. The van der Waals surface area contributed by atoms with E-state index >= 15 is 0 Å². The average molecular weight is 286 g/mol. The van der Waals surface area contributed by atoms with Gasteiger partial charge in [-0.05, 0) is 51.4 Å². The predicted octanol–water partition coefficient (Wildman–Crippen LogP) is 5.02. The van der Waals surface area contributed by atoms with Crippen molar-refractivity contribution in [3.63, 3.8) is 0 Å². The van der Waals surface area contributed by atoms with E-state index < -0.39 is 0 Å². The second-order valence-electron chi connectivity index (χ2n) is 7.78. The van der Waals surface area contributed by atoms with Gasteiger partial charge in [-0.25, -0.2) is 0 Å². The Balaban J connectivity index is 4.42. The van der Waals surface area contributed by atoms with E-state index in [2.05, 4.69) is 53.8 Å². The van der Waals surface area contributed by atoms with Crippen molar-refractivity contribution >= 4 is 0 Å². The fourth-order valence-corrected chi connectivity index (χ4v) is 2.39. The van der Waals surface area contributed by atoms with Crippen LogP contribution in [0.5, 0.6) is 0 Å². The third-order valence-electron chi connectivity index (χ3n) is 4.03. The maximum absolute atomic E-state index is 5.84. The monoisotopic (exact) mass is 285 g/mol. The van der Waals surface area contributed by atoms with Crippen molar-refractivity contribution in [2.75, 3.05) is 19.8 Å². The minimum atomic E-state index is 0.200. The Morgan fingerprint density at radius 1 is 1.05 bits per heavy atom. The molecule has 1 unspecified atom stereocenters. The SMILES string of the molecule is CCCCC(CC)(CCOCC(C)C)CNC(C)(C)C. The summed E-state index contributed by atoms with van der Waals surface area (Å²) in [6.07, 6.45) is 6.34. The van der Waals surface area contributed by atoms with E-state index in [4.69, 9.17) is 4.74 Å². The Hall–Kier alpha value is -0.0800. The molecule has 0 aliphatic heterocycles. The van der Waals surface area contributed by atoms with E-state index in [1.54, 1.807) is 0 Å². The van der Waals surface area contributed by atoms with Crippen LogP contribution in [-0.4, -0.2) is 25.3 Å². The second-order valence-corrected chi connectivity index (χ2v) is 7.78. The van der Waals surface area contributed by atoms with Gasteiger partial charge in [-0.1, -0.05) is 40.5 Å². The molecular weight excluding hydrogens is 246 g/mol.